The van der Waals surface area contributed by atoms with Crippen LogP contribution in [0.2, 0.25) is 0 Å². The molecule has 0 bridgehead atoms. The van der Waals surface area contributed by atoms with Crippen LogP contribution in [0.3, 0.4) is 0 Å². The van der Waals surface area contributed by atoms with Crippen molar-refractivity contribution in [3.8, 4) is 0 Å². The fourth-order valence-electron chi connectivity index (χ4n) is 12.1. The van der Waals surface area contributed by atoms with Crippen LogP contribution in [0.15, 0.2) is 0 Å². The predicted molar refractivity (Wildman–Crippen MR) is 356 cm³/mol. The van der Waals surface area contributed by atoms with Crippen LogP contribution in [0.25, 0.3) is 0 Å². The van der Waals surface area contributed by atoms with E-state index in [4.69, 9.17) is 9.47 Å². The molecule has 0 heterocycles. The van der Waals surface area contributed by atoms with E-state index in [1.807, 2.05) is 0 Å². The van der Waals surface area contributed by atoms with E-state index in [1.165, 1.54) is 308 Å². The molecule has 0 spiro atoms. The van der Waals surface area contributed by atoms with Gasteiger partial charge in [0.15, 0.2) is 5.25 Å². The van der Waals surface area contributed by atoms with Crippen LogP contribution >= 0.6 is 0 Å². The molecule has 0 saturated carbocycles. The molecule has 0 fully saturated rings. The molecule has 3 atom stereocenters. The van der Waals surface area contributed by atoms with Gasteiger partial charge in [-0.3, -0.25) is 14.1 Å². The average Bonchev–Trinajstić information content (AvgIpc) is 3.44. The second kappa shape index (κ2) is 67.4. The van der Waals surface area contributed by atoms with Crippen LogP contribution in [0.4, 0.5) is 0 Å². The Balaban J connectivity index is 0. The Morgan fingerprint density at radius 2 is 0.444 bits per heavy atom. The normalized spacial score (nSPS) is 12.9. The van der Waals surface area contributed by atoms with Gasteiger partial charge in [-0.25, -0.2) is 0 Å². The first-order chi connectivity index (χ1) is 39.2. The predicted octanol–water partition coefficient (Wildman–Crippen LogP) is 24.1. The van der Waals surface area contributed by atoms with Crippen molar-refractivity contribution in [1.29, 1.82) is 0 Å². The summed E-state index contributed by atoms with van der Waals surface area (Å²) in [5.41, 5.74) is 0. The van der Waals surface area contributed by atoms with Gasteiger partial charge in [0.25, 0.3) is 10.1 Å². The molecule has 480 valence electrons. The van der Waals surface area contributed by atoms with Crippen LogP contribution in [0, 0.1) is 0 Å². The van der Waals surface area contributed by atoms with Gasteiger partial charge in [0, 0.05) is 0 Å². The van der Waals surface area contributed by atoms with Crippen LogP contribution < -0.4 is 0 Å². The fraction of sp³-hybridized carbons (Fsp3) is 0.972. The maximum atomic E-state index is 13.8. The molecule has 0 aromatic rings. The third kappa shape index (κ3) is 62.7. The van der Waals surface area contributed by atoms with Crippen LogP contribution in [0.5, 0.6) is 0 Å². The maximum absolute atomic E-state index is 13.8. The van der Waals surface area contributed by atoms with Gasteiger partial charge < -0.3 is 9.47 Å². The standard InChI is InChI=1S/C72H142O7S.Na.H/c1-5-9-13-17-21-25-29-33-37-41-44-48-52-56-60-64-68(63-59-55-51-47-43-39-35-31-27-23-19-15-11-7-3)78-71(73)67-70(80(75,76)77)72(74)79-69(65-61-57-53-49-45-40-36-32-28-24-20-16-12-8-4)66-62-58-54-50-46-42-38-34-30-26-22-18-14-10-6-2;;/h68-70H,5-67H2,1-4H3,(H,75,76,77);;. The quantitative estimate of drug-likeness (QED) is 0.0280. The number of ether oxygens (including phenoxy) is 2. The summed E-state index contributed by atoms with van der Waals surface area (Å²) in [6, 6.07) is 0. The van der Waals surface area contributed by atoms with Gasteiger partial charge in [-0.05, 0) is 51.4 Å². The van der Waals surface area contributed by atoms with Gasteiger partial charge in [-0.1, -0.05) is 374 Å². The molecule has 0 amide bonds. The van der Waals surface area contributed by atoms with Crippen molar-refractivity contribution in [2.45, 2.75) is 450 Å². The number of hydrogen-bond donors (Lipinski definition) is 1. The van der Waals surface area contributed by atoms with E-state index in [0.717, 1.165) is 77.0 Å². The number of esters is 2. The van der Waals surface area contributed by atoms with E-state index in [9.17, 15) is 22.6 Å². The van der Waals surface area contributed by atoms with Crippen molar-refractivity contribution in [2.24, 2.45) is 0 Å². The monoisotopic (exact) mass is 1180 g/mol. The zero-order valence-electron chi connectivity index (χ0n) is 54.6. The van der Waals surface area contributed by atoms with Gasteiger partial charge in [0.05, 0.1) is 6.42 Å². The zero-order chi connectivity index (χ0) is 58.3. The summed E-state index contributed by atoms with van der Waals surface area (Å²) in [7, 11) is -4.90. The minimum absolute atomic E-state index is 0. The first-order valence-corrected chi connectivity index (χ1v) is 38.1. The SMILES string of the molecule is CCCCCCCCCCCCCCCCCC(CCCCCCCCCCCCCCCC)OC(=O)CC(C(=O)OC(CCCCCCCCCCCCCCCC)CCCCCCCCCCCCCCCCC)S(=O)(=O)O.[NaH]. The summed E-state index contributed by atoms with van der Waals surface area (Å²) in [6.45, 7) is 9.11. The summed E-state index contributed by atoms with van der Waals surface area (Å²) in [5.74, 6) is -1.74. The van der Waals surface area contributed by atoms with Crippen molar-refractivity contribution < 1.29 is 32.0 Å². The number of hydrogen-bond acceptors (Lipinski definition) is 6. The van der Waals surface area contributed by atoms with Gasteiger partial charge >= 0.3 is 41.5 Å². The van der Waals surface area contributed by atoms with Crippen molar-refractivity contribution >= 4 is 51.6 Å². The molecule has 81 heavy (non-hydrogen) atoms. The molecule has 0 aromatic heterocycles. The molecule has 0 radical (unpaired) electrons. The molecule has 0 rings (SSSR count). The molecule has 0 saturated heterocycles. The van der Waals surface area contributed by atoms with E-state index < -0.39 is 39.8 Å². The van der Waals surface area contributed by atoms with E-state index in [0.29, 0.717) is 12.8 Å². The van der Waals surface area contributed by atoms with Crippen molar-refractivity contribution in [2.75, 3.05) is 0 Å². The molecule has 7 nitrogen and oxygen atoms in total. The molecule has 0 aromatic carbocycles. The van der Waals surface area contributed by atoms with Gasteiger partial charge in [0.2, 0.25) is 0 Å². The Kier molecular flexibility index (Phi) is 69.0. The molecule has 9 heteroatoms. The third-order valence-electron chi connectivity index (χ3n) is 17.6. The summed E-state index contributed by atoms with van der Waals surface area (Å²) in [5, 5.41) is -1.97. The summed E-state index contributed by atoms with van der Waals surface area (Å²) in [6.07, 6.45) is 75.5. The Hall–Kier alpha value is -0.150. The average molecular weight is 1180 g/mol. The van der Waals surface area contributed by atoms with Crippen molar-refractivity contribution in [1.82, 2.24) is 0 Å². The fourth-order valence-corrected chi connectivity index (χ4v) is 12.7. The molecular formula is C72H143NaO7S. The number of carbonyl (C=O) groups excluding carboxylic acids is 2. The van der Waals surface area contributed by atoms with Crippen LogP contribution in [-0.4, -0.2) is 71.9 Å². The summed E-state index contributed by atoms with van der Waals surface area (Å²) in [4.78, 5) is 27.5. The Labute approximate surface area is 529 Å². The van der Waals surface area contributed by atoms with Gasteiger partial charge in [-0.15, -0.1) is 0 Å². The topological polar surface area (TPSA) is 107 Å². The summed E-state index contributed by atoms with van der Waals surface area (Å²) >= 11 is 0. The van der Waals surface area contributed by atoms with E-state index in [2.05, 4.69) is 27.7 Å². The number of carbonyl (C=O) groups is 2. The van der Waals surface area contributed by atoms with Crippen molar-refractivity contribution in [3.05, 3.63) is 0 Å². The first kappa shape index (κ1) is 82.9. The van der Waals surface area contributed by atoms with Crippen molar-refractivity contribution in [3.63, 3.8) is 0 Å². The van der Waals surface area contributed by atoms with Crippen LogP contribution in [-0.2, 0) is 29.2 Å². The van der Waals surface area contributed by atoms with E-state index in [1.54, 1.807) is 0 Å². The Morgan fingerprint density at radius 1 is 0.284 bits per heavy atom. The van der Waals surface area contributed by atoms with E-state index >= 15 is 0 Å². The van der Waals surface area contributed by atoms with E-state index in [-0.39, 0.29) is 35.7 Å². The summed E-state index contributed by atoms with van der Waals surface area (Å²) < 4.78 is 48.2. The van der Waals surface area contributed by atoms with Gasteiger partial charge in [-0.2, -0.15) is 8.42 Å². The second-order valence-corrected chi connectivity index (χ2v) is 27.2. The molecule has 0 aliphatic rings. The minimum atomic E-state index is -4.90. The Bertz CT molecular complexity index is 1360. The number of rotatable bonds is 68. The zero-order valence-corrected chi connectivity index (χ0v) is 55.4. The molecule has 0 aliphatic heterocycles. The third-order valence-corrected chi connectivity index (χ3v) is 18.7. The molecule has 3 unspecified atom stereocenters. The van der Waals surface area contributed by atoms with Crippen LogP contribution in [0.1, 0.15) is 432 Å². The number of unbranched alkanes of at least 4 members (excludes halogenated alkanes) is 54. The Morgan fingerprint density at radius 3 is 0.617 bits per heavy atom. The second-order valence-electron chi connectivity index (χ2n) is 25.6. The molecular weight excluding hydrogens is 1030 g/mol. The molecule has 1 N–H and O–H groups in total. The molecule has 0 aliphatic carbocycles. The van der Waals surface area contributed by atoms with Gasteiger partial charge in [0.1, 0.15) is 12.2 Å². The first-order valence-electron chi connectivity index (χ1n) is 36.6.